The predicted octanol–water partition coefficient (Wildman–Crippen LogP) is 3.19. The van der Waals surface area contributed by atoms with Crippen LogP contribution >= 0.6 is 11.6 Å². The Bertz CT molecular complexity index is 690. The van der Waals surface area contributed by atoms with Gasteiger partial charge in [-0.2, -0.15) is 0 Å². The highest BCUT2D eigenvalue weighted by molar-refractivity contribution is 6.30. The summed E-state index contributed by atoms with van der Waals surface area (Å²) in [6, 6.07) is 6.47. The molecule has 0 aliphatic carbocycles. The van der Waals surface area contributed by atoms with Crippen molar-refractivity contribution in [3.8, 4) is 22.8 Å². The van der Waals surface area contributed by atoms with Gasteiger partial charge in [-0.3, -0.25) is 14.9 Å². The van der Waals surface area contributed by atoms with Crippen molar-refractivity contribution in [3.63, 3.8) is 0 Å². The highest BCUT2D eigenvalue weighted by Crippen LogP contribution is 2.46. The van der Waals surface area contributed by atoms with Gasteiger partial charge in [-0.25, -0.2) is 0 Å². The molecule has 1 heterocycles. The Labute approximate surface area is 125 Å². The summed E-state index contributed by atoms with van der Waals surface area (Å²) in [6.07, 6.45) is 0. The molecule has 0 aliphatic heterocycles. The van der Waals surface area contributed by atoms with Gasteiger partial charge in [-0.05, 0) is 24.3 Å². The van der Waals surface area contributed by atoms with E-state index in [1.165, 1.54) is 13.8 Å². The van der Waals surface area contributed by atoms with Crippen LogP contribution in [0.4, 0.5) is 5.88 Å². The zero-order valence-electron chi connectivity index (χ0n) is 11.3. The summed E-state index contributed by atoms with van der Waals surface area (Å²) < 4.78 is 10.3. The quantitative estimate of drug-likeness (QED) is 0.850. The summed E-state index contributed by atoms with van der Waals surface area (Å²) in [7, 11) is 0. The smallest absolute Gasteiger partial charge is 0.308 e. The monoisotopic (exact) mass is 309 g/mol. The lowest BCUT2D eigenvalue weighted by Gasteiger charge is -2.01. The van der Waals surface area contributed by atoms with E-state index in [0.717, 1.165) is 0 Å². The number of carbonyl (C=O) groups is 2. The average molecular weight is 310 g/mol. The van der Waals surface area contributed by atoms with Crippen molar-refractivity contribution in [2.45, 2.75) is 13.8 Å². The van der Waals surface area contributed by atoms with Crippen LogP contribution in [0.5, 0.6) is 11.5 Å². The third-order valence-electron chi connectivity index (χ3n) is 2.48. The maximum absolute atomic E-state index is 11.1. The van der Waals surface area contributed by atoms with Crippen LogP contribution in [-0.4, -0.2) is 17.0 Å². The highest BCUT2D eigenvalue weighted by atomic mass is 35.5. The number of ether oxygens (including phenoxy) is 1. The molecule has 1 amide bonds. The standard InChI is InChI=1S/C14H12ClNO5/c1-7(17)16-14-13(20-8(2)18)11(19)12(21-14)9-3-5-10(15)6-4-9/h3-6,19H,1-2H3,(H,16,17). The van der Waals surface area contributed by atoms with Crippen LogP contribution in [0.15, 0.2) is 28.7 Å². The van der Waals surface area contributed by atoms with Crippen LogP contribution in [0.25, 0.3) is 11.3 Å². The minimum absolute atomic E-state index is 0.0617. The van der Waals surface area contributed by atoms with Gasteiger partial charge in [0.25, 0.3) is 0 Å². The summed E-state index contributed by atoms with van der Waals surface area (Å²) in [5.74, 6) is -1.77. The Hall–Kier alpha value is -2.47. The number of esters is 1. The Kier molecular flexibility index (Phi) is 4.18. The second-order valence-corrected chi connectivity index (χ2v) is 4.66. The summed E-state index contributed by atoms with van der Waals surface area (Å²) in [5.41, 5.74) is 0.516. The molecule has 2 aromatic rings. The van der Waals surface area contributed by atoms with Gasteiger partial charge in [-0.15, -0.1) is 0 Å². The van der Waals surface area contributed by atoms with Crippen LogP contribution in [0.2, 0.25) is 5.02 Å². The molecule has 0 atom stereocenters. The largest absolute Gasteiger partial charge is 0.502 e. The molecule has 0 unspecified atom stereocenters. The number of benzene rings is 1. The summed E-state index contributed by atoms with van der Waals surface area (Å²) >= 11 is 5.79. The zero-order valence-corrected chi connectivity index (χ0v) is 12.0. The van der Waals surface area contributed by atoms with Gasteiger partial charge in [0.05, 0.1) is 0 Å². The van der Waals surface area contributed by atoms with E-state index < -0.39 is 11.9 Å². The molecule has 0 saturated heterocycles. The lowest BCUT2D eigenvalue weighted by molar-refractivity contribution is -0.132. The fourth-order valence-corrected chi connectivity index (χ4v) is 1.81. The lowest BCUT2D eigenvalue weighted by atomic mass is 10.1. The number of aromatic hydroxyl groups is 1. The normalized spacial score (nSPS) is 10.2. The number of rotatable bonds is 3. The van der Waals surface area contributed by atoms with Gasteiger partial charge in [0.15, 0.2) is 5.76 Å². The number of nitrogens with one attached hydrogen (secondary N) is 1. The van der Waals surface area contributed by atoms with Crippen molar-refractivity contribution in [1.82, 2.24) is 0 Å². The molecule has 0 bridgehead atoms. The van der Waals surface area contributed by atoms with Crippen LogP contribution in [0.3, 0.4) is 0 Å². The zero-order chi connectivity index (χ0) is 15.6. The average Bonchev–Trinajstić information content (AvgIpc) is 2.67. The maximum Gasteiger partial charge on any atom is 0.308 e. The molecule has 2 rings (SSSR count). The maximum atomic E-state index is 11.1. The molecule has 2 N–H and O–H groups in total. The number of anilines is 1. The molecule has 7 heteroatoms. The lowest BCUT2D eigenvalue weighted by Crippen LogP contribution is -2.08. The molecular formula is C14H12ClNO5. The molecule has 0 saturated carbocycles. The Morgan fingerprint density at radius 3 is 2.38 bits per heavy atom. The predicted molar refractivity (Wildman–Crippen MR) is 76.4 cm³/mol. The molecule has 0 spiro atoms. The van der Waals surface area contributed by atoms with E-state index in [2.05, 4.69) is 5.32 Å². The number of amides is 1. The molecular weight excluding hydrogens is 298 g/mol. The van der Waals surface area contributed by atoms with E-state index in [9.17, 15) is 14.7 Å². The molecule has 6 nitrogen and oxygen atoms in total. The topological polar surface area (TPSA) is 88.8 Å². The van der Waals surface area contributed by atoms with Crippen molar-refractivity contribution in [3.05, 3.63) is 29.3 Å². The van der Waals surface area contributed by atoms with Crippen molar-refractivity contribution in [2.24, 2.45) is 0 Å². The van der Waals surface area contributed by atoms with Gasteiger partial charge >= 0.3 is 5.97 Å². The number of hydrogen-bond donors (Lipinski definition) is 2. The first-order valence-electron chi connectivity index (χ1n) is 5.96. The van der Waals surface area contributed by atoms with Crippen molar-refractivity contribution in [1.29, 1.82) is 0 Å². The van der Waals surface area contributed by atoms with E-state index in [1.807, 2.05) is 0 Å². The van der Waals surface area contributed by atoms with Gasteiger partial charge in [0.2, 0.25) is 23.3 Å². The van der Waals surface area contributed by atoms with Crippen molar-refractivity contribution >= 4 is 29.4 Å². The molecule has 0 aliphatic rings. The van der Waals surface area contributed by atoms with Gasteiger partial charge in [0, 0.05) is 24.4 Å². The van der Waals surface area contributed by atoms with Crippen LogP contribution in [0.1, 0.15) is 13.8 Å². The molecule has 110 valence electrons. The van der Waals surface area contributed by atoms with Crippen molar-refractivity contribution < 1.29 is 23.8 Å². The minimum atomic E-state index is -0.652. The number of halogens is 1. The molecule has 0 radical (unpaired) electrons. The van der Waals surface area contributed by atoms with E-state index in [1.54, 1.807) is 24.3 Å². The van der Waals surface area contributed by atoms with Crippen LogP contribution < -0.4 is 10.1 Å². The van der Waals surface area contributed by atoms with Gasteiger partial charge in [-0.1, -0.05) is 11.6 Å². The Morgan fingerprint density at radius 1 is 1.24 bits per heavy atom. The number of carbonyl (C=O) groups excluding carboxylic acids is 2. The summed E-state index contributed by atoms with van der Waals surface area (Å²) in [6.45, 7) is 2.44. The van der Waals surface area contributed by atoms with E-state index in [0.29, 0.717) is 10.6 Å². The summed E-state index contributed by atoms with van der Waals surface area (Å²) in [5, 5.41) is 13.0. The van der Waals surface area contributed by atoms with Crippen LogP contribution in [0, 0.1) is 0 Å². The third kappa shape index (κ3) is 3.35. The summed E-state index contributed by atoms with van der Waals surface area (Å²) in [4.78, 5) is 22.2. The fourth-order valence-electron chi connectivity index (χ4n) is 1.68. The molecule has 1 aromatic heterocycles. The second-order valence-electron chi connectivity index (χ2n) is 4.22. The first kappa shape index (κ1) is 14.9. The number of hydrogen-bond acceptors (Lipinski definition) is 5. The second kappa shape index (κ2) is 5.88. The third-order valence-corrected chi connectivity index (χ3v) is 2.73. The van der Waals surface area contributed by atoms with E-state index in [-0.39, 0.29) is 23.1 Å². The first-order chi connectivity index (χ1) is 9.88. The Balaban J connectivity index is 2.51. The van der Waals surface area contributed by atoms with E-state index >= 15 is 0 Å². The molecule has 21 heavy (non-hydrogen) atoms. The Morgan fingerprint density at radius 2 is 1.86 bits per heavy atom. The highest BCUT2D eigenvalue weighted by Gasteiger charge is 2.24. The number of furan rings is 1. The molecule has 1 aromatic carbocycles. The SMILES string of the molecule is CC(=O)Nc1oc(-c2ccc(Cl)cc2)c(O)c1OC(C)=O. The minimum Gasteiger partial charge on any atom is -0.502 e. The van der Waals surface area contributed by atoms with Crippen molar-refractivity contribution in [2.75, 3.05) is 5.32 Å². The fraction of sp³-hybridized carbons (Fsp3) is 0.143. The first-order valence-corrected chi connectivity index (χ1v) is 6.34. The van der Waals surface area contributed by atoms with E-state index in [4.69, 9.17) is 20.8 Å². The van der Waals surface area contributed by atoms with Crippen LogP contribution in [-0.2, 0) is 9.59 Å². The van der Waals surface area contributed by atoms with Gasteiger partial charge in [0.1, 0.15) is 0 Å². The molecule has 0 fully saturated rings. The van der Waals surface area contributed by atoms with Gasteiger partial charge < -0.3 is 14.3 Å².